The second-order valence-corrected chi connectivity index (χ2v) is 9.71. The minimum atomic E-state index is -0.149. The van der Waals surface area contributed by atoms with Crippen LogP contribution in [0.15, 0.2) is 71.2 Å². The zero-order chi connectivity index (χ0) is 21.9. The Balaban J connectivity index is 1.41. The number of nitrogens with zero attached hydrogens (tertiary/aromatic N) is 2. The Morgan fingerprint density at radius 2 is 1.84 bits per heavy atom. The summed E-state index contributed by atoms with van der Waals surface area (Å²) in [5.74, 6) is -0.149. The summed E-state index contributed by atoms with van der Waals surface area (Å²) in [6.07, 6.45) is 0. The molecular weight excluding hydrogens is 484 g/mol. The van der Waals surface area contributed by atoms with Crippen molar-refractivity contribution in [3.63, 3.8) is 0 Å². The van der Waals surface area contributed by atoms with E-state index in [0.29, 0.717) is 5.56 Å². The summed E-state index contributed by atoms with van der Waals surface area (Å²) >= 11 is 5.13. The number of hydrogen-bond donors (Lipinski definition) is 2. The van der Waals surface area contributed by atoms with Gasteiger partial charge in [0.2, 0.25) is 0 Å². The SMILES string of the molecule is O=C(Nc1ccccc1-c1nc2ccc(CN3CCNCC3)cc2s1)c1ccccc1Br. The summed E-state index contributed by atoms with van der Waals surface area (Å²) in [5.41, 5.74) is 4.58. The van der Waals surface area contributed by atoms with Gasteiger partial charge in [0.1, 0.15) is 5.01 Å². The zero-order valence-electron chi connectivity index (χ0n) is 17.5. The highest BCUT2D eigenvalue weighted by Crippen LogP contribution is 2.35. The molecule has 4 aromatic rings. The molecule has 0 bridgehead atoms. The molecule has 0 atom stereocenters. The lowest BCUT2D eigenvalue weighted by Gasteiger charge is -2.27. The van der Waals surface area contributed by atoms with Crippen molar-refractivity contribution in [3.05, 3.63) is 82.3 Å². The third kappa shape index (κ3) is 4.61. The van der Waals surface area contributed by atoms with Crippen LogP contribution < -0.4 is 10.6 Å². The Hall–Kier alpha value is -2.58. The first-order valence-electron chi connectivity index (χ1n) is 10.7. The van der Waals surface area contributed by atoms with Crippen molar-refractivity contribution in [2.24, 2.45) is 0 Å². The predicted octanol–water partition coefficient (Wildman–Crippen LogP) is 5.38. The predicted molar refractivity (Wildman–Crippen MR) is 135 cm³/mol. The molecule has 0 spiro atoms. The molecule has 2 heterocycles. The van der Waals surface area contributed by atoms with Crippen molar-refractivity contribution in [1.82, 2.24) is 15.2 Å². The number of hydrogen-bond acceptors (Lipinski definition) is 5. The van der Waals surface area contributed by atoms with Crippen molar-refractivity contribution in [2.45, 2.75) is 6.54 Å². The highest BCUT2D eigenvalue weighted by Gasteiger charge is 2.16. The molecule has 7 heteroatoms. The van der Waals surface area contributed by atoms with Crippen LogP contribution in [0.1, 0.15) is 15.9 Å². The number of nitrogens with one attached hydrogen (secondary N) is 2. The molecule has 1 amide bonds. The van der Waals surface area contributed by atoms with Crippen molar-refractivity contribution in [3.8, 4) is 10.6 Å². The minimum Gasteiger partial charge on any atom is -0.321 e. The first kappa shape index (κ1) is 21.3. The van der Waals surface area contributed by atoms with Crippen LogP contribution in [0.25, 0.3) is 20.8 Å². The highest BCUT2D eigenvalue weighted by atomic mass is 79.9. The fourth-order valence-electron chi connectivity index (χ4n) is 3.92. The van der Waals surface area contributed by atoms with E-state index >= 15 is 0 Å². The van der Waals surface area contributed by atoms with Gasteiger partial charge < -0.3 is 10.6 Å². The standard InChI is InChI=1S/C25H23BrN4OS/c26-20-7-3-1-5-18(20)24(31)28-21-8-4-2-6-19(21)25-29-22-10-9-17(15-23(22)32-25)16-30-13-11-27-12-14-30/h1-10,15,27H,11-14,16H2,(H,28,31). The number of rotatable bonds is 5. The maximum atomic E-state index is 12.9. The number of thiazole rings is 1. The molecule has 2 N–H and O–H groups in total. The number of para-hydroxylation sites is 1. The molecule has 0 unspecified atom stereocenters. The van der Waals surface area contributed by atoms with Gasteiger partial charge in [-0.3, -0.25) is 9.69 Å². The van der Waals surface area contributed by atoms with Gasteiger partial charge in [0, 0.05) is 42.8 Å². The molecule has 0 radical (unpaired) electrons. The van der Waals surface area contributed by atoms with Gasteiger partial charge in [0.15, 0.2) is 0 Å². The van der Waals surface area contributed by atoms with Gasteiger partial charge >= 0.3 is 0 Å². The molecule has 5 nitrogen and oxygen atoms in total. The van der Waals surface area contributed by atoms with E-state index in [9.17, 15) is 4.79 Å². The Labute approximate surface area is 199 Å². The van der Waals surface area contributed by atoms with E-state index in [-0.39, 0.29) is 5.91 Å². The Kier molecular flexibility index (Phi) is 6.32. The minimum absolute atomic E-state index is 0.149. The first-order valence-corrected chi connectivity index (χ1v) is 12.3. The van der Waals surface area contributed by atoms with E-state index in [1.54, 1.807) is 17.4 Å². The van der Waals surface area contributed by atoms with Gasteiger partial charge in [-0.15, -0.1) is 11.3 Å². The zero-order valence-corrected chi connectivity index (χ0v) is 19.9. The second kappa shape index (κ2) is 9.50. The molecule has 5 rings (SSSR count). The van der Waals surface area contributed by atoms with Crippen molar-refractivity contribution < 1.29 is 4.79 Å². The maximum absolute atomic E-state index is 12.9. The molecule has 3 aromatic carbocycles. The number of anilines is 1. The van der Waals surface area contributed by atoms with Gasteiger partial charge in [-0.25, -0.2) is 4.98 Å². The van der Waals surface area contributed by atoms with Crippen LogP contribution >= 0.6 is 27.3 Å². The molecule has 0 aliphatic carbocycles. The highest BCUT2D eigenvalue weighted by molar-refractivity contribution is 9.10. The average molecular weight is 507 g/mol. The van der Waals surface area contributed by atoms with Crippen LogP contribution in [-0.4, -0.2) is 42.0 Å². The Morgan fingerprint density at radius 3 is 2.69 bits per heavy atom. The van der Waals surface area contributed by atoms with E-state index in [2.05, 4.69) is 49.7 Å². The van der Waals surface area contributed by atoms with Crippen LogP contribution in [0.3, 0.4) is 0 Å². The number of aromatic nitrogens is 1. The number of carbonyl (C=O) groups excluding carboxylic acids is 1. The maximum Gasteiger partial charge on any atom is 0.256 e. The van der Waals surface area contributed by atoms with Crippen molar-refractivity contribution >= 4 is 49.1 Å². The molecule has 1 fully saturated rings. The fraction of sp³-hybridized carbons (Fsp3) is 0.200. The van der Waals surface area contributed by atoms with E-state index < -0.39 is 0 Å². The number of amides is 1. The van der Waals surface area contributed by atoms with Gasteiger partial charge in [-0.2, -0.15) is 0 Å². The van der Waals surface area contributed by atoms with Gasteiger partial charge in [-0.1, -0.05) is 30.3 Å². The smallest absolute Gasteiger partial charge is 0.256 e. The summed E-state index contributed by atoms with van der Waals surface area (Å²) in [6, 6.07) is 21.8. The summed E-state index contributed by atoms with van der Waals surface area (Å²) in [6.45, 7) is 5.22. The number of carbonyl (C=O) groups is 1. The molecule has 0 saturated carbocycles. The first-order chi connectivity index (χ1) is 15.7. The largest absolute Gasteiger partial charge is 0.321 e. The van der Waals surface area contributed by atoms with Gasteiger partial charge in [0.25, 0.3) is 5.91 Å². The van der Waals surface area contributed by atoms with E-state index in [0.717, 1.165) is 59.0 Å². The van der Waals surface area contributed by atoms with Crippen molar-refractivity contribution in [1.29, 1.82) is 0 Å². The molecule has 1 aromatic heterocycles. The van der Waals surface area contributed by atoms with Crippen LogP contribution in [0.2, 0.25) is 0 Å². The van der Waals surface area contributed by atoms with Crippen LogP contribution in [0.4, 0.5) is 5.69 Å². The fourth-order valence-corrected chi connectivity index (χ4v) is 5.46. The molecule has 1 aliphatic rings. The van der Waals surface area contributed by atoms with E-state index in [1.807, 2.05) is 42.5 Å². The van der Waals surface area contributed by atoms with Crippen molar-refractivity contribution in [2.75, 3.05) is 31.5 Å². The summed E-state index contributed by atoms with van der Waals surface area (Å²) in [7, 11) is 0. The molecule has 32 heavy (non-hydrogen) atoms. The molecule has 1 aliphatic heterocycles. The number of halogens is 1. The second-order valence-electron chi connectivity index (χ2n) is 7.83. The average Bonchev–Trinajstić information content (AvgIpc) is 3.23. The Bertz CT molecular complexity index is 1270. The van der Waals surface area contributed by atoms with E-state index in [4.69, 9.17) is 4.98 Å². The summed E-state index contributed by atoms with van der Waals surface area (Å²) < 4.78 is 1.94. The molecular formula is C25H23BrN4OS. The van der Waals surface area contributed by atoms with Crippen LogP contribution in [0, 0.1) is 0 Å². The Morgan fingerprint density at radius 1 is 1.06 bits per heavy atom. The van der Waals surface area contributed by atoms with Gasteiger partial charge in [0.05, 0.1) is 21.5 Å². The quantitative estimate of drug-likeness (QED) is 0.381. The third-order valence-corrected chi connectivity index (χ3v) is 7.34. The normalized spacial score (nSPS) is 14.5. The van der Waals surface area contributed by atoms with E-state index in [1.165, 1.54) is 10.3 Å². The van der Waals surface area contributed by atoms with Crippen LogP contribution in [-0.2, 0) is 6.54 Å². The summed E-state index contributed by atoms with van der Waals surface area (Å²) in [5, 5.41) is 7.37. The third-order valence-electron chi connectivity index (χ3n) is 5.59. The molecule has 162 valence electrons. The lowest BCUT2D eigenvalue weighted by atomic mass is 10.1. The van der Waals surface area contributed by atoms with Crippen LogP contribution in [0.5, 0.6) is 0 Å². The summed E-state index contributed by atoms with van der Waals surface area (Å²) in [4.78, 5) is 20.2. The molecule has 1 saturated heterocycles. The lowest BCUT2D eigenvalue weighted by molar-refractivity contribution is 0.102. The topological polar surface area (TPSA) is 57.3 Å². The number of benzene rings is 3. The monoisotopic (exact) mass is 506 g/mol. The lowest BCUT2D eigenvalue weighted by Crippen LogP contribution is -2.42. The number of piperazine rings is 1. The van der Waals surface area contributed by atoms with Gasteiger partial charge in [-0.05, 0) is 57.9 Å². The number of fused-ring (bicyclic) bond motifs is 1.